The summed E-state index contributed by atoms with van der Waals surface area (Å²) in [4.78, 5) is 6.30. The van der Waals surface area contributed by atoms with E-state index < -0.39 is 12.7 Å². The van der Waals surface area contributed by atoms with Crippen molar-refractivity contribution in [3.63, 3.8) is 0 Å². The molecule has 0 radical (unpaired) electrons. The van der Waals surface area contributed by atoms with Gasteiger partial charge in [0.1, 0.15) is 5.75 Å². The van der Waals surface area contributed by atoms with Crippen LogP contribution in [0.1, 0.15) is 31.7 Å². The minimum atomic E-state index is -4.17. The summed E-state index contributed by atoms with van der Waals surface area (Å²) in [7, 11) is 1.65. The molecule has 2 heterocycles. The molecule has 2 N–H and O–H groups in total. The molecule has 174 valence electrons. The van der Waals surface area contributed by atoms with E-state index in [1.54, 1.807) is 7.11 Å². The highest BCUT2D eigenvalue weighted by Crippen LogP contribution is 2.36. The molecule has 0 spiro atoms. The maximum atomic E-state index is 12.7. The number of guanidine groups is 1. The zero-order valence-corrected chi connectivity index (χ0v) is 18.3. The number of halogens is 3. The van der Waals surface area contributed by atoms with Crippen molar-refractivity contribution in [2.24, 2.45) is 4.99 Å². The van der Waals surface area contributed by atoms with Crippen LogP contribution in [-0.4, -0.2) is 76.1 Å². The third kappa shape index (κ3) is 6.74. The molecule has 31 heavy (non-hydrogen) atoms. The van der Waals surface area contributed by atoms with Gasteiger partial charge in [0.2, 0.25) is 0 Å². The monoisotopic (exact) mass is 442 g/mol. The number of methoxy groups -OCH3 is 1. The van der Waals surface area contributed by atoms with Gasteiger partial charge in [0, 0.05) is 44.3 Å². The number of benzene rings is 1. The van der Waals surface area contributed by atoms with Crippen molar-refractivity contribution in [1.29, 1.82) is 0 Å². The van der Waals surface area contributed by atoms with E-state index in [0.29, 0.717) is 51.8 Å². The number of nitrogens with zero attached hydrogens (tertiary/aromatic N) is 2. The van der Waals surface area contributed by atoms with Gasteiger partial charge in [-0.2, -0.15) is 13.2 Å². The number of nitrogens with one attached hydrogen (secondary N) is 2. The molecule has 2 aliphatic heterocycles. The van der Waals surface area contributed by atoms with Gasteiger partial charge in [0.25, 0.3) is 0 Å². The topological polar surface area (TPSA) is 58.1 Å². The molecule has 0 amide bonds. The lowest BCUT2D eigenvalue weighted by Crippen LogP contribution is -2.46. The van der Waals surface area contributed by atoms with Gasteiger partial charge in [-0.25, -0.2) is 0 Å². The first kappa shape index (κ1) is 23.7. The van der Waals surface area contributed by atoms with Gasteiger partial charge < -0.3 is 20.1 Å². The second kappa shape index (κ2) is 10.5. The van der Waals surface area contributed by atoms with Crippen molar-refractivity contribution in [1.82, 2.24) is 15.5 Å². The number of ether oxygens (including phenoxy) is 2. The summed E-state index contributed by atoms with van der Waals surface area (Å²) in [5.41, 5.74) is 1.07. The number of hydrogen-bond donors (Lipinski definition) is 2. The van der Waals surface area contributed by atoms with Crippen LogP contribution in [-0.2, 0) is 10.2 Å². The first-order chi connectivity index (χ1) is 14.8. The lowest BCUT2D eigenvalue weighted by Gasteiger charge is -2.37. The van der Waals surface area contributed by atoms with E-state index in [-0.39, 0.29) is 11.5 Å². The molecule has 0 saturated carbocycles. The Hall–Kier alpha value is -2.00. The molecule has 0 aliphatic carbocycles. The van der Waals surface area contributed by atoms with Crippen molar-refractivity contribution in [3.05, 3.63) is 29.8 Å². The Morgan fingerprint density at radius 2 is 1.97 bits per heavy atom. The Bertz CT molecular complexity index is 718. The maximum Gasteiger partial charge on any atom is 0.401 e. The minimum absolute atomic E-state index is 0.0493. The van der Waals surface area contributed by atoms with Gasteiger partial charge in [-0.1, -0.05) is 12.1 Å². The lowest BCUT2D eigenvalue weighted by atomic mass is 9.74. The Kier molecular flexibility index (Phi) is 8.05. The van der Waals surface area contributed by atoms with Crippen molar-refractivity contribution in [2.45, 2.75) is 43.8 Å². The molecule has 1 unspecified atom stereocenters. The van der Waals surface area contributed by atoms with Crippen LogP contribution in [0.25, 0.3) is 0 Å². The summed E-state index contributed by atoms with van der Waals surface area (Å²) in [6, 6.07) is 8.06. The largest absolute Gasteiger partial charge is 0.497 e. The van der Waals surface area contributed by atoms with Gasteiger partial charge in [-0.15, -0.1) is 0 Å². The second-order valence-electron chi connectivity index (χ2n) is 8.30. The highest BCUT2D eigenvalue weighted by atomic mass is 19.4. The normalized spacial score (nSPS) is 22.4. The van der Waals surface area contributed by atoms with Crippen LogP contribution in [0.3, 0.4) is 0 Å². The van der Waals surface area contributed by atoms with Crippen molar-refractivity contribution in [2.75, 3.05) is 53.0 Å². The average Bonchev–Trinajstić information content (AvgIpc) is 3.18. The molecule has 0 bridgehead atoms. The maximum absolute atomic E-state index is 12.7. The van der Waals surface area contributed by atoms with Crippen molar-refractivity contribution >= 4 is 5.96 Å². The molecular formula is C22H33F3N4O2. The van der Waals surface area contributed by atoms with Crippen LogP contribution >= 0.6 is 0 Å². The predicted octanol–water partition coefficient (Wildman–Crippen LogP) is 2.94. The highest BCUT2D eigenvalue weighted by molar-refractivity contribution is 5.80. The second-order valence-corrected chi connectivity index (χ2v) is 8.30. The van der Waals surface area contributed by atoms with Crippen LogP contribution in [0.2, 0.25) is 0 Å². The summed E-state index contributed by atoms with van der Waals surface area (Å²) >= 11 is 0. The van der Waals surface area contributed by atoms with Crippen LogP contribution in [0.4, 0.5) is 13.2 Å². The molecule has 2 aliphatic rings. The van der Waals surface area contributed by atoms with E-state index in [1.807, 2.05) is 19.1 Å². The number of alkyl halides is 3. The molecule has 2 fully saturated rings. The molecule has 6 nitrogen and oxygen atoms in total. The summed E-state index contributed by atoms with van der Waals surface area (Å²) < 4.78 is 48.9. The molecule has 1 atom stereocenters. The Morgan fingerprint density at radius 3 is 2.58 bits per heavy atom. The van der Waals surface area contributed by atoms with Gasteiger partial charge in [0.15, 0.2) is 5.96 Å². The molecule has 1 aromatic rings. The molecule has 2 saturated heterocycles. The van der Waals surface area contributed by atoms with Crippen LogP contribution in [0, 0.1) is 0 Å². The fraction of sp³-hybridized carbons (Fsp3) is 0.682. The molecule has 0 aromatic heterocycles. The van der Waals surface area contributed by atoms with E-state index in [2.05, 4.69) is 22.8 Å². The number of hydrogen-bond acceptors (Lipinski definition) is 4. The van der Waals surface area contributed by atoms with E-state index in [1.165, 1.54) is 10.5 Å². The lowest BCUT2D eigenvalue weighted by molar-refractivity contribution is -0.143. The molecule has 1 aromatic carbocycles. The van der Waals surface area contributed by atoms with Gasteiger partial charge >= 0.3 is 6.18 Å². The fourth-order valence-electron chi connectivity index (χ4n) is 4.34. The molecular weight excluding hydrogens is 409 g/mol. The van der Waals surface area contributed by atoms with Gasteiger partial charge in [-0.3, -0.25) is 9.89 Å². The number of likely N-dealkylation sites (tertiary alicyclic amines) is 1. The smallest absolute Gasteiger partial charge is 0.401 e. The van der Waals surface area contributed by atoms with Gasteiger partial charge in [0.05, 0.1) is 20.2 Å². The summed E-state index contributed by atoms with van der Waals surface area (Å²) in [6.45, 7) is 4.54. The van der Waals surface area contributed by atoms with E-state index in [9.17, 15) is 13.2 Å². The zero-order chi connectivity index (χ0) is 22.3. The molecule has 3 rings (SSSR count). The minimum Gasteiger partial charge on any atom is -0.497 e. The van der Waals surface area contributed by atoms with Crippen molar-refractivity contribution in [3.8, 4) is 5.75 Å². The average molecular weight is 443 g/mol. The van der Waals surface area contributed by atoms with Gasteiger partial charge in [-0.05, 0) is 43.9 Å². The third-order valence-corrected chi connectivity index (χ3v) is 6.05. The van der Waals surface area contributed by atoms with E-state index in [0.717, 1.165) is 18.6 Å². The third-order valence-electron chi connectivity index (χ3n) is 6.05. The summed E-state index contributed by atoms with van der Waals surface area (Å²) in [5, 5.41) is 6.58. The fourth-order valence-corrected chi connectivity index (χ4v) is 4.34. The van der Waals surface area contributed by atoms with E-state index in [4.69, 9.17) is 14.5 Å². The zero-order valence-electron chi connectivity index (χ0n) is 18.3. The van der Waals surface area contributed by atoms with Crippen LogP contribution in [0.15, 0.2) is 29.3 Å². The SMILES string of the molecule is CCNC(=NCC1(c2ccc(OC)cc2)CCOCC1)NC1CCN(CC(F)(F)F)C1. The number of aliphatic imine (C=N–C) groups is 1. The first-order valence-electron chi connectivity index (χ1n) is 10.9. The van der Waals surface area contributed by atoms with E-state index >= 15 is 0 Å². The standard InChI is InChI=1S/C22H33F3N4O2/c1-3-26-20(28-18-8-11-29(14-18)16-22(23,24)25)27-15-21(9-12-31-13-10-21)17-4-6-19(30-2)7-5-17/h4-7,18H,3,8-16H2,1-2H3,(H2,26,27,28). The predicted molar refractivity (Wildman–Crippen MR) is 115 cm³/mol. The first-order valence-corrected chi connectivity index (χ1v) is 10.9. The van der Waals surface area contributed by atoms with Crippen LogP contribution < -0.4 is 15.4 Å². The Balaban J connectivity index is 1.69. The quantitative estimate of drug-likeness (QED) is 0.502. The van der Waals surface area contributed by atoms with Crippen molar-refractivity contribution < 1.29 is 22.6 Å². The number of rotatable bonds is 7. The highest BCUT2D eigenvalue weighted by Gasteiger charge is 2.36. The Morgan fingerprint density at radius 1 is 1.26 bits per heavy atom. The Labute approximate surface area is 182 Å². The molecule has 9 heteroatoms. The summed E-state index contributed by atoms with van der Waals surface area (Å²) in [6.07, 6.45) is -1.77. The summed E-state index contributed by atoms with van der Waals surface area (Å²) in [5.74, 6) is 1.47. The van der Waals surface area contributed by atoms with Crippen LogP contribution in [0.5, 0.6) is 5.75 Å².